The number of amides is 2. The molecule has 0 saturated carbocycles. The number of nitrogens with zero attached hydrogens (tertiary/aromatic N) is 1. The van der Waals surface area contributed by atoms with Crippen LogP contribution in [0.2, 0.25) is 0 Å². The van der Waals surface area contributed by atoms with Crippen LogP contribution in [0.5, 0.6) is 11.5 Å². The maximum Gasteiger partial charge on any atom is 0.335 e. The molecule has 2 aromatic carbocycles. The fourth-order valence-corrected chi connectivity index (χ4v) is 3.13. The van der Waals surface area contributed by atoms with E-state index in [2.05, 4.69) is 5.32 Å². The van der Waals surface area contributed by atoms with Gasteiger partial charge < -0.3 is 24.8 Å². The van der Waals surface area contributed by atoms with Crippen LogP contribution in [-0.4, -0.2) is 43.7 Å². The zero-order chi connectivity index (χ0) is 20.3. The Morgan fingerprint density at radius 1 is 1.11 bits per heavy atom. The van der Waals surface area contributed by atoms with Crippen molar-refractivity contribution < 1.29 is 29.0 Å². The van der Waals surface area contributed by atoms with Crippen LogP contribution in [0.4, 0.5) is 11.4 Å². The standard InChI is InChI=1S/C20H20N2O6/c1-27-16-6-4-3-5-15(16)22-11-13(10-18(22)23)19(24)21-14-8-7-12(20(25)26)9-17(14)28-2/h3-9,13H,10-11H2,1-2H3,(H,21,24)(H,25,26). The summed E-state index contributed by atoms with van der Waals surface area (Å²) in [4.78, 5) is 37.7. The molecule has 2 N–H and O–H groups in total. The lowest BCUT2D eigenvalue weighted by Crippen LogP contribution is -2.28. The van der Waals surface area contributed by atoms with Gasteiger partial charge in [-0.3, -0.25) is 9.59 Å². The molecule has 1 atom stereocenters. The number of methoxy groups -OCH3 is 2. The van der Waals surface area contributed by atoms with Crippen molar-refractivity contribution in [2.45, 2.75) is 6.42 Å². The third-order valence-corrected chi connectivity index (χ3v) is 4.58. The largest absolute Gasteiger partial charge is 0.495 e. The molecule has 0 aliphatic carbocycles. The zero-order valence-electron chi connectivity index (χ0n) is 15.5. The van der Waals surface area contributed by atoms with E-state index in [9.17, 15) is 14.4 Å². The first-order chi connectivity index (χ1) is 13.4. The summed E-state index contributed by atoms with van der Waals surface area (Å²) >= 11 is 0. The first-order valence-electron chi connectivity index (χ1n) is 8.60. The van der Waals surface area contributed by atoms with E-state index < -0.39 is 11.9 Å². The quantitative estimate of drug-likeness (QED) is 0.792. The Morgan fingerprint density at radius 3 is 2.50 bits per heavy atom. The SMILES string of the molecule is COc1cc(C(=O)O)ccc1NC(=O)C1CC(=O)N(c2ccccc2OC)C1. The molecule has 1 fully saturated rings. The van der Waals surface area contributed by atoms with Crippen molar-refractivity contribution in [2.75, 3.05) is 31.0 Å². The van der Waals surface area contributed by atoms with Crippen LogP contribution < -0.4 is 19.7 Å². The molecule has 8 heteroatoms. The Kier molecular flexibility index (Phi) is 5.49. The van der Waals surface area contributed by atoms with Crippen molar-refractivity contribution in [1.82, 2.24) is 0 Å². The highest BCUT2D eigenvalue weighted by Crippen LogP contribution is 2.33. The molecule has 0 spiro atoms. The Hall–Kier alpha value is -3.55. The van der Waals surface area contributed by atoms with E-state index in [1.165, 1.54) is 37.3 Å². The van der Waals surface area contributed by atoms with Gasteiger partial charge in [-0.05, 0) is 30.3 Å². The van der Waals surface area contributed by atoms with Gasteiger partial charge in [-0.1, -0.05) is 12.1 Å². The maximum atomic E-state index is 12.7. The molecule has 1 aliphatic heterocycles. The van der Waals surface area contributed by atoms with Crippen LogP contribution in [0, 0.1) is 5.92 Å². The van der Waals surface area contributed by atoms with Gasteiger partial charge in [0.05, 0.1) is 37.1 Å². The van der Waals surface area contributed by atoms with E-state index in [1.807, 2.05) is 0 Å². The number of hydrogen-bond donors (Lipinski definition) is 2. The molecule has 28 heavy (non-hydrogen) atoms. The van der Waals surface area contributed by atoms with Gasteiger partial charge >= 0.3 is 5.97 Å². The van der Waals surface area contributed by atoms with Crippen molar-refractivity contribution in [3.05, 3.63) is 48.0 Å². The van der Waals surface area contributed by atoms with Crippen LogP contribution in [0.25, 0.3) is 0 Å². The predicted molar refractivity (Wildman–Crippen MR) is 102 cm³/mol. The highest BCUT2D eigenvalue weighted by atomic mass is 16.5. The highest BCUT2D eigenvalue weighted by Gasteiger charge is 2.36. The summed E-state index contributed by atoms with van der Waals surface area (Å²) in [5.74, 6) is -1.36. The number of carbonyl (C=O) groups excluding carboxylic acids is 2. The van der Waals surface area contributed by atoms with Gasteiger partial charge in [0.25, 0.3) is 0 Å². The number of nitrogens with one attached hydrogen (secondary N) is 1. The smallest absolute Gasteiger partial charge is 0.335 e. The fraction of sp³-hybridized carbons (Fsp3) is 0.250. The number of hydrogen-bond acceptors (Lipinski definition) is 5. The second-order valence-electron chi connectivity index (χ2n) is 6.29. The van der Waals surface area contributed by atoms with E-state index in [1.54, 1.807) is 24.3 Å². The number of carbonyl (C=O) groups is 3. The highest BCUT2D eigenvalue weighted by molar-refractivity contribution is 6.04. The van der Waals surface area contributed by atoms with Crippen molar-refractivity contribution in [3.8, 4) is 11.5 Å². The minimum Gasteiger partial charge on any atom is -0.495 e. The van der Waals surface area contributed by atoms with Gasteiger partial charge in [0.15, 0.2) is 0 Å². The molecular weight excluding hydrogens is 364 g/mol. The molecule has 2 aromatic rings. The number of carboxylic acid groups (broad SMARTS) is 1. The first-order valence-corrected chi connectivity index (χ1v) is 8.60. The van der Waals surface area contributed by atoms with Crippen LogP contribution in [0.1, 0.15) is 16.8 Å². The van der Waals surface area contributed by atoms with Crippen molar-refractivity contribution in [3.63, 3.8) is 0 Å². The van der Waals surface area contributed by atoms with Gasteiger partial charge in [0, 0.05) is 13.0 Å². The fourth-order valence-electron chi connectivity index (χ4n) is 3.13. The molecular formula is C20H20N2O6. The van der Waals surface area contributed by atoms with Crippen molar-refractivity contribution in [2.24, 2.45) is 5.92 Å². The Balaban J connectivity index is 1.76. The second-order valence-corrected chi connectivity index (χ2v) is 6.29. The van der Waals surface area contributed by atoms with E-state index in [-0.39, 0.29) is 36.1 Å². The van der Waals surface area contributed by atoms with Crippen LogP contribution in [0.15, 0.2) is 42.5 Å². The van der Waals surface area contributed by atoms with Gasteiger partial charge in [-0.25, -0.2) is 4.79 Å². The van der Waals surface area contributed by atoms with E-state index in [0.717, 1.165) is 0 Å². The minimum absolute atomic E-state index is 0.0493. The molecule has 0 bridgehead atoms. The monoisotopic (exact) mass is 384 g/mol. The molecule has 146 valence electrons. The summed E-state index contributed by atoms with van der Waals surface area (Å²) in [6.45, 7) is 0.223. The molecule has 3 rings (SSSR count). The third kappa shape index (κ3) is 3.75. The molecule has 0 radical (unpaired) electrons. The Labute approximate surface area is 161 Å². The number of benzene rings is 2. The lowest BCUT2D eigenvalue weighted by atomic mass is 10.1. The Bertz CT molecular complexity index is 927. The number of ether oxygens (including phenoxy) is 2. The van der Waals surface area contributed by atoms with Crippen LogP contribution >= 0.6 is 0 Å². The summed E-state index contributed by atoms with van der Waals surface area (Å²) in [5, 5.41) is 11.8. The minimum atomic E-state index is -1.09. The summed E-state index contributed by atoms with van der Waals surface area (Å²) in [6.07, 6.45) is 0.0689. The summed E-state index contributed by atoms with van der Waals surface area (Å²) in [7, 11) is 2.91. The van der Waals surface area contributed by atoms with Crippen LogP contribution in [-0.2, 0) is 9.59 Å². The topological polar surface area (TPSA) is 105 Å². The number of aromatic carboxylic acids is 1. The zero-order valence-corrected chi connectivity index (χ0v) is 15.5. The third-order valence-electron chi connectivity index (χ3n) is 4.58. The van der Waals surface area contributed by atoms with Crippen molar-refractivity contribution in [1.29, 1.82) is 0 Å². The van der Waals surface area contributed by atoms with E-state index >= 15 is 0 Å². The van der Waals surface area contributed by atoms with Gasteiger partial charge in [-0.2, -0.15) is 0 Å². The molecule has 0 aromatic heterocycles. The lowest BCUT2D eigenvalue weighted by Gasteiger charge is -2.19. The number of para-hydroxylation sites is 2. The summed E-state index contributed by atoms with van der Waals surface area (Å²) < 4.78 is 10.5. The first kappa shape index (κ1) is 19.2. The molecule has 8 nitrogen and oxygen atoms in total. The normalized spacial score (nSPS) is 16.0. The molecule has 1 saturated heterocycles. The second kappa shape index (κ2) is 7.99. The molecule has 1 unspecified atom stereocenters. The summed E-state index contributed by atoms with van der Waals surface area (Å²) in [6, 6.07) is 11.3. The maximum absolute atomic E-state index is 12.7. The molecule has 1 aliphatic rings. The van der Waals surface area contributed by atoms with Gasteiger partial charge in [0.1, 0.15) is 11.5 Å². The average Bonchev–Trinajstić information content (AvgIpc) is 3.09. The van der Waals surface area contributed by atoms with Gasteiger partial charge in [-0.15, -0.1) is 0 Å². The molecule has 1 heterocycles. The van der Waals surface area contributed by atoms with E-state index in [0.29, 0.717) is 17.1 Å². The summed E-state index contributed by atoms with van der Waals surface area (Å²) in [5.41, 5.74) is 1.02. The number of carboxylic acids is 1. The number of anilines is 2. The van der Waals surface area contributed by atoms with E-state index in [4.69, 9.17) is 14.6 Å². The number of rotatable bonds is 6. The van der Waals surface area contributed by atoms with Gasteiger partial charge in [0.2, 0.25) is 11.8 Å². The Morgan fingerprint density at radius 2 is 1.82 bits per heavy atom. The predicted octanol–water partition coefficient (Wildman–Crippen LogP) is 2.39. The van der Waals surface area contributed by atoms with Crippen LogP contribution in [0.3, 0.4) is 0 Å². The van der Waals surface area contributed by atoms with Crippen molar-refractivity contribution >= 4 is 29.2 Å². The lowest BCUT2D eigenvalue weighted by molar-refractivity contribution is -0.122. The average molecular weight is 384 g/mol. The molecule has 2 amide bonds.